The minimum atomic E-state index is -0.517. The van der Waals surface area contributed by atoms with Crippen LogP contribution in [0, 0.1) is 0 Å². The molecule has 10 nitrogen and oxygen atoms in total. The molecule has 0 radical (unpaired) electrons. The van der Waals surface area contributed by atoms with Crippen molar-refractivity contribution in [2.75, 3.05) is 23.4 Å². The fraction of sp³-hybridized carbons (Fsp3) is 0.304. The fourth-order valence-corrected chi connectivity index (χ4v) is 5.07. The Hall–Kier alpha value is -4.08. The number of benzene rings is 1. The number of likely N-dealkylation sites (N-methyl/N-ethyl adjacent to an activating group) is 1. The zero-order valence-corrected chi connectivity index (χ0v) is 18.5. The van der Waals surface area contributed by atoms with Gasteiger partial charge in [-0.3, -0.25) is 9.36 Å². The quantitative estimate of drug-likeness (QED) is 0.480. The van der Waals surface area contributed by atoms with Crippen molar-refractivity contribution in [3.8, 4) is 23.0 Å². The molecule has 4 aromatic rings. The van der Waals surface area contributed by atoms with Crippen molar-refractivity contribution in [1.29, 1.82) is 0 Å². The smallest absolute Gasteiger partial charge is 0.252 e. The molecule has 0 aliphatic carbocycles. The van der Waals surface area contributed by atoms with E-state index in [2.05, 4.69) is 31.9 Å². The summed E-state index contributed by atoms with van der Waals surface area (Å²) in [6.45, 7) is 2.89. The van der Waals surface area contributed by atoms with Crippen molar-refractivity contribution in [1.82, 2.24) is 34.3 Å². The molecule has 1 atom stereocenters. The minimum Gasteiger partial charge on any atom is -0.340 e. The van der Waals surface area contributed by atoms with E-state index in [1.807, 2.05) is 42.1 Å². The molecule has 1 unspecified atom stereocenters. The Morgan fingerprint density at radius 1 is 1.21 bits per heavy atom. The monoisotopic (exact) mass is 441 g/mol. The van der Waals surface area contributed by atoms with E-state index < -0.39 is 5.54 Å². The van der Waals surface area contributed by atoms with Crippen LogP contribution < -0.4 is 9.80 Å². The van der Waals surface area contributed by atoms with Gasteiger partial charge in [0.1, 0.15) is 29.7 Å². The third kappa shape index (κ3) is 2.80. The second kappa shape index (κ2) is 7.22. The van der Waals surface area contributed by atoms with Gasteiger partial charge < -0.3 is 9.80 Å². The van der Waals surface area contributed by atoms with Crippen LogP contribution in [-0.4, -0.2) is 59.3 Å². The highest BCUT2D eigenvalue weighted by Crippen LogP contribution is 2.45. The number of rotatable bonds is 4. The Morgan fingerprint density at radius 3 is 2.94 bits per heavy atom. The molecule has 6 rings (SSSR count). The van der Waals surface area contributed by atoms with Gasteiger partial charge >= 0.3 is 0 Å². The highest BCUT2D eigenvalue weighted by molar-refractivity contribution is 6.07. The molecule has 166 valence electrons. The third-order valence-electron chi connectivity index (χ3n) is 6.77. The van der Waals surface area contributed by atoms with Gasteiger partial charge in [-0.1, -0.05) is 19.1 Å². The number of nitrogens with zero attached hydrogens (tertiary/aromatic N) is 9. The van der Waals surface area contributed by atoms with Crippen LogP contribution >= 0.6 is 0 Å². The predicted molar refractivity (Wildman–Crippen MR) is 123 cm³/mol. The van der Waals surface area contributed by atoms with Crippen LogP contribution in [0.2, 0.25) is 0 Å². The molecule has 0 spiro atoms. The van der Waals surface area contributed by atoms with E-state index >= 15 is 0 Å². The molecule has 0 N–H and O–H groups in total. The maximum atomic E-state index is 13.2. The van der Waals surface area contributed by atoms with Crippen LogP contribution in [-0.2, 0) is 4.79 Å². The Balaban J connectivity index is 1.45. The first-order chi connectivity index (χ1) is 16.1. The van der Waals surface area contributed by atoms with E-state index in [1.54, 1.807) is 28.3 Å². The average Bonchev–Trinajstić information content (AvgIpc) is 3.63. The lowest BCUT2D eigenvalue weighted by Crippen LogP contribution is -2.59. The number of fused-ring (bicyclic) bond motifs is 3. The lowest BCUT2D eigenvalue weighted by atomic mass is 9.89. The molecular formula is C23H23N9O. The summed E-state index contributed by atoms with van der Waals surface area (Å²) >= 11 is 0. The van der Waals surface area contributed by atoms with Crippen molar-refractivity contribution in [2.45, 2.75) is 31.7 Å². The van der Waals surface area contributed by atoms with Crippen molar-refractivity contribution < 1.29 is 4.79 Å². The minimum absolute atomic E-state index is 0.125. The zero-order chi connectivity index (χ0) is 22.6. The molecule has 10 heteroatoms. The number of carbonyl (C=O) groups excluding carboxylic acids is 1. The average molecular weight is 441 g/mol. The fourth-order valence-electron chi connectivity index (χ4n) is 5.07. The summed E-state index contributed by atoms with van der Waals surface area (Å²) in [5.41, 5.74) is 2.02. The topological polar surface area (TPSA) is 97.9 Å². The molecule has 3 aromatic heterocycles. The third-order valence-corrected chi connectivity index (χ3v) is 6.77. The molecule has 0 saturated carbocycles. The molecule has 1 aromatic carbocycles. The zero-order valence-electron chi connectivity index (χ0n) is 18.5. The first-order valence-electron chi connectivity index (χ1n) is 11.0. The maximum Gasteiger partial charge on any atom is 0.252 e. The Bertz CT molecular complexity index is 1350. The van der Waals surface area contributed by atoms with E-state index in [0.717, 1.165) is 54.4 Å². The van der Waals surface area contributed by atoms with Crippen LogP contribution in [0.3, 0.4) is 0 Å². The normalized spacial score (nSPS) is 19.6. The Morgan fingerprint density at radius 2 is 2.12 bits per heavy atom. The number of imidazole rings is 1. The van der Waals surface area contributed by atoms with Gasteiger partial charge in [0, 0.05) is 31.5 Å². The van der Waals surface area contributed by atoms with Gasteiger partial charge in [0.15, 0.2) is 5.82 Å². The van der Waals surface area contributed by atoms with Crippen molar-refractivity contribution in [3.05, 3.63) is 55.5 Å². The highest BCUT2D eigenvalue weighted by atomic mass is 16.2. The van der Waals surface area contributed by atoms with Crippen molar-refractivity contribution >= 4 is 17.4 Å². The van der Waals surface area contributed by atoms with Crippen LogP contribution in [0.4, 0.5) is 11.5 Å². The number of aromatic nitrogens is 7. The van der Waals surface area contributed by atoms with Gasteiger partial charge in [-0.15, -0.1) is 0 Å². The summed E-state index contributed by atoms with van der Waals surface area (Å²) in [6, 6.07) is 7.92. The van der Waals surface area contributed by atoms with E-state index in [1.165, 1.54) is 6.33 Å². The van der Waals surface area contributed by atoms with Crippen LogP contribution in [0.5, 0.6) is 0 Å². The van der Waals surface area contributed by atoms with Gasteiger partial charge in [0.25, 0.3) is 5.91 Å². The molecule has 1 fully saturated rings. The largest absolute Gasteiger partial charge is 0.340 e. The van der Waals surface area contributed by atoms with Gasteiger partial charge in [-0.05, 0) is 31.4 Å². The lowest BCUT2D eigenvalue weighted by molar-refractivity contribution is -0.123. The molecule has 1 amide bonds. The number of hydrogen-bond donors (Lipinski definition) is 0. The van der Waals surface area contributed by atoms with Gasteiger partial charge in [0.2, 0.25) is 5.95 Å². The molecule has 2 aliphatic heterocycles. The van der Waals surface area contributed by atoms with Crippen LogP contribution in [0.25, 0.3) is 23.0 Å². The lowest BCUT2D eigenvalue weighted by Gasteiger charge is -2.45. The van der Waals surface area contributed by atoms with Gasteiger partial charge in [-0.2, -0.15) is 10.1 Å². The first-order valence-corrected chi connectivity index (χ1v) is 11.0. The highest BCUT2D eigenvalue weighted by Gasteiger charge is 2.52. The van der Waals surface area contributed by atoms with E-state index in [4.69, 9.17) is 4.98 Å². The molecule has 5 heterocycles. The maximum absolute atomic E-state index is 13.2. The first kappa shape index (κ1) is 19.6. The molecule has 0 bridgehead atoms. The van der Waals surface area contributed by atoms with E-state index in [9.17, 15) is 4.79 Å². The summed E-state index contributed by atoms with van der Waals surface area (Å²) in [4.78, 5) is 35.3. The summed E-state index contributed by atoms with van der Waals surface area (Å²) in [5, 5.41) is 4.21. The Kier molecular flexibility index (Phi) is 4.29. The van der Waals surface area contributed by atoms with Crippen LogP contribution in [0.1, 0.15) is 26.2 Å². The molecular weight excluding hydrogens is 418 g/mol. The molecule has 1 saturated heterocycles. The van der Waals surface area contributed by atoms with Gasteiger partial charge in [0.05, 0.1) is 11.9 Å². The summed E-state index contributed by atoms with van der Waals surface area (Å²) < 4.78 is 3.58. The van der Waals surface area contributed by atoms with E-state index in [0.29, 0.717) is 5.95 Å². The summed E-state index contributed by atoms with van der Waals surface area (Å²) in [5.74, 6) is 2.17. The summed E-state index contributed by atoms with van der Waals surface area (Å²) in [7, 11) is 1.82. The number of anilines is 2. The van der Waals surface area contributed by atoms with Crippen molar-refractivity contribution in [2.24, 2.45) is 0 Å². The van der Waals surface area contributed by atoms with Crippen molar-refractivity contribution in [3.63, 3.8) is 0 Å². The van der Waals surface area contributed by atoms with Gasteiger partial charge in [-0.25, -0.2) is 19.6 Å². The number of amides is 1. The Labute approximate surface area is 190 Å². The SMILES string of the molecule is CCC12CCCN1c1nc(-n3ccnc3-c3cccc(-n4cncn4)c3)ncc1N(C)C2=O. The van der Waals surface area contributed by atoms with Crippen LogP contribution in [0.15, 0.2) is 55.5 Å². The predicted octanol–water partition coefficient (Wildman–Crippen LogP) is 2.64. The van der Waals surface area contributed by atoms with E-state index in [-0.39, 0.29) is 5.91 Å². The molecule has 33 heavy (non-hydrogen) atoms. The second-order valence-electron chi connectivity index (χ2n) is 8.39. The standard InChI is InChI=1S/C23H23N9O/c1-3-23-8-5-10-31(23)20-18(29(2)21(23)33)13-26-22(28-20)30-11-9-25-19(30)16-6-4-7-17(12-16)32-15-24-14-27-32/h4,6-7,9,11-15H,3,5,8,10H2,1-2H3. The number of hydrogen-bond acceptors (Lipinski definition) is 7. The molecule has 2 aliphatic rings. The number of carbonyl (C=O) groups is 1. The summed E-state index contributed by atoms with van der Waals surface area (Å²) in [6.07, 6.45) is 11.1. The second-order valence-corrected chi connectivity index (χ2v) is 8.39.